The van der Waals surface area contributed by atoms with E-state index in [1.807, 2.05) is 21.9 Å². The number of aromatic nitrogens is 5. The summed E-state index contributed by atoms with van der Waals surface area (Å²) in [4.78, 5) is 59.7. The van der Waals surface area contributed by atoms with Gasteiger partial charge in [-0.1, -0.05) is 36.4 Å². The summed E-state index contributed by atoms with van der Waals surface area (Å²) < 4.78 is 3.41. The first-order chi connectivity index (χ1) is 28.0. The zero-order valence-corrected chi connectivity index (χ0v) is 32.3. The van der Waals surface area contributed by atoms with Crippen LogP contribution in [-0.4, -0.2) is 76.2 Å². The number of nitrogens with one attached hydrogen (secondary N) is 1. The Morgan fingerprint density at radius 3 is 2.16 bits per heavy atom. The molecule has 58 heavy (non-hydrogen) atoms. The number of nitrogens with two attached hydrogens (primary N) is 1. The number of amides is 3. The van der Waals surface area contributed by atoms with Gasteiger partial charge in [-0.15, -0.1) is 0 Å². The molecule has 5 aliphatic rings. The van der Waals surface area contributed by atoms with Gasteiger partial charge in [-0.2, -0.15) is 10.2 Å². The van der Waals surface area contributed by atoms with Crippen molar-refractivity contribution in [3.05, 3.63) is 129 Å². The number of carboxylic acid groups (broad SMARTS) is 1. The van der Waals surface area contributed by atoms with E-state index in [-0.39, 0.29) is 41.2 Å². The number of fused-ring (bicyclic) bond motifs is 3. The highest BCUT2D eigenvalue weighted by molar-refractivity contribution is 5.94. The molecule has 296 valence electrons. The van der Waals surface area contributed by atoms with Crippen molar-refractivity contribution in [1.29, 1.82) is 0 Å². The summed E-state index contributed by atoms with van der Waals surface area (Å²) in [5, 5.41) is 21.5. The van der Waals surface area contributed by atoms with Gasteiger partial charge >= 0.3 is 5.97 Å². The number of hydrogen-bond acceptors (Lipinski definition) is 8. The van der Waals surface area contributed by atoms with E-state index in [1.165, 1.54) is 12.4 Å². The number of benzene rings is 2. The van der Waals surface area contributed by atoms with Crippen molar-refractivity contribution < 1.29 is 24.3 Å². The normalized spacial score (nSPS) is 22.6. The molecule has 5 atom stereocenters. The van der Waals surface area contributed by atoms with Gasteiger partial charge < -0.3 is 26.0 Å². The van der Waals surface area contributed by atoms with E-state index in [9.17, 15) is 24.3 Å². The number of aromatic carboxylic acids is 1. The van der Waals surface area contributed by atoms with Crippen molar-refractivity contribution in [3.63, 3.8) is 0 Å². The SMILES string of the molecule is Cc1cc(Cn2cc(C(=O)N[C@@H]3CCc4nc(N)ccc43)cn2)c(Cc2cc(Cn3cc(C(=O)O)cn3)ccc2CN2CC3CC3C2=O)cc1CN1CC2CC2C1=O. The minimum absolute atomic E-state index is 0.125. The number of carboxylic acids is 1. The van der Waals surface area contributed by atoms with Gasteiger partial charge in [-0.05, 0) is 101 Å². The number of hydrogen-bond donors (Lipinski definition) is 3. The van der Waals surface area contributed by atoms with Gasteiger partial charge in [0.05, 0.1) is 42.7 Å². The lowest BCUT2D eigenvalue weighted by molar-refractivity contribution is -0.131. The summed E-state index contributed by atoms with van der Waals surface area (Å²) in [6, 6.07) is 14.2. The fourth-order valence-electron chi connectivity index (χ4n) is 9.43. The van der Waals surface area contributed by atoms with E-state index in [0.29, 0.717) is 55.8 Å². The maximum Gasteiger partial charge on any atom is 0.338 e. The highest BCUT2D eigenvalue weighted by Gasteiger charge is 2.52. The average molecular weight is 780 g/mol. The topological polar surface area (TPSA) is 182 Å². The zero-order chi connectivity index (χ0) is 39.8. The van der Waals surface area contributed by atoms with Crippen LogP contribution in [0.4, 0.5) is 5.82 Å². The monoisotopic (exact) mass is 779 g/mol. The average Bonchev–Trinajstić information content (AvgIpc) is 3.76. The van der Waals surface area contributed by atoms with Crippen molar-refractivity contribution in [1.82, 2.24) is 39.7 Å². The van der Waals surface area contributed by atoms with Gasteiger partial charge in [0.2, 0.25) is 11.8 Å². The molecule has 10 rings (SSSR count). The first kappa shape index (κ1) is 36.1. The number of pyridine rings is 1. The third kappa shape index (κ3) is 6.90. The van der Waals surface area contributed by atoms with E-state index < -0.39 is 5.97 Å². The van der Waals surface area contributed by atoms with E-state index in [2.05, 4.69) is 51.7 Å². The fourth-order valence-corrected chi connectivity index (χ4v) is 9.43. The van der Waals surface area contributed by atoms with Crippen LogP contribution in [0.3, 0.4) is 0 Å². The predicted molar refractivity (Wildman–Crippen MR) is 211 cm³/mol. The predicted octanol–water partition coefficient (Wildman–Crippen LogP) is 4.12. The molecule has 4 fully saturated rings. The van der Waals surface area contributed by atoms with Crippen LogP contribution in [0.1, 0.15) is 96.2 Å². The van der Waals surface area contributed by atoms with Gasteiger partial charge in [-0.3, -0.25) is 23.7 Å². The molecule has 3 aromatic heterocycles. The highest BCUT2D eigenvalue weighted by atomic mass is 16.4. The molecule has 3 amide bonds. The third-order valence-corrected chi connectivity index (χ3v) is 12.9. The minimum atomic E-state index is -1.03. The molecule has 2 saturated carbocycles. The van der Waals surface area contributed by atoms with Gasteiger partial charge in [0.1, 0.15) is 5.82 Å². The number of anilines is 1. The molecule has 2 aliphatic heterocycles. The number of aryl methyl sites for hydroxylation is 2. The Labute approximate surface area is 335 Å². The Morgan fingerprint density at radius 2 is 1.47 bits per heavy atom. The van der Waals surface area contributed by atoms with E-state index in [4.69, 9.17) is 5.73 Å². The molecule has 14 heteroatoms. The summed E-state index contributed by atoms with van der Waals surface area (Å²) in [7, 11) is 0. The van der Waals surface area contributed by atoms with Crippen LogP contribution in [-0.2, 0) is 48.6 Å². The summed E-state index contributed by atoms with van der Waals surface area (Å²) >= 11 is 0. The number of piperidine rings is 2. The Bertz CT molecular complexity index is 2520. The van der Waals surface area contributed by atoms with Gasteiger partial charge in [0, 0.05) is 56.1 Å². The van der Waals surface area contributed by atoms with Crippen molar-refractivity contribution >= 4 is 29.5 Å². The first-order valence-corrected chi connectivity index (χ1v) is 20.2. The molecule has 14 nitrogen and oxygen atoms in total. The first-order valence-electron chi connectivity index (χ1n) is 20.2. The number of nitrogens with zero attached hydrogens (tertiary/aromatic N) is 7. The van der Waals surface area contributed by atoms with Crippen molar-refractivity contribution in [2.45, 2.75) is 71.2 Å². The van der Waals surface area contributed by atoms with Crippen molar-refractivity contribution in [2.24, 2.45) is 23.7 Å². The van der Waals surface area contributed by atoms with E-state index >= 15 is 0 Å². The van der Waals surface area contributed by atoms with Crippen LogP contribution >= 0.6 is 0 Å². The van der Waals surface area contributed by atoms with E-state index in [1.54, 1.807) is 27.8 Å². The highest BCUT2D eigenvalue weighted by Crippen LogP contribution is 2.47. The van der Waals surface area contributed by atoms with Crippen LogP contribution < -0.4 is 11.1 Å². The quantitative estimate of drug-likeness (QED) is 0.158. The minimum Gasteiger partial charge on any atom is -0.478 e. The second-order valence-corrected chi connectivity index (χ2v) is 17.0. The standard InChI is InChI=1S/C44H45N9O5/c1-24-8-30(21-53-22-33(14-46-53)41(54)49-39-6-5-38-35(39)4-7-40(45)48-38)28(11-29(24)18-51-20-32-13-37(32)43(51)56)10-27-9-25(16-52-23-34(15-47-52)44(57)58)2-3-26(27)17-50-19-31-12-36(31)42(50)55/h2-4,7-9,11,14-15,22-23,31-32,36-37,39H,5-6,10,12-13,16-21H2,1H3,(H2,45,48)(H,49,54)(H,57,58)/t31?,32?,36?,37?,39-/m1/s1. The lowest BCUT2D eigenvalue weighted by Gasteiger charge is -2.23. The lowest BCUT2D eigenvalue weighted by atomic mass is 9.91. The molecule has 4 unspecified atom stereocenters. The second-order valence-electron chi connectivity index (χ2n) is 17.0. The molecule has 5 aromatic rings. The van der Waals surface area contributed by atoms with Gasteiger partial charge in [-0.25, -0.2) is 9.78 Å². The summed E-state index contributed by atoms with van der Waals surface area (Å²) in [5.41, 5.74) is 15.7. The van der Waals surface area contributed by atoms with Gasteiger partial charge in [0.25, 0.3) is 5.91 Å². The molecule has 0 radical (unpaired) electrons. The summed E-state index contributed by atoms with van der Waals surface area (Å²) in [6.07, 6.45) is 10.3. The smallest absolute Gasteiger partial charge is 0.338 e. The molecule has 2 aromatic carbocycles. The molecule has 0 spiro atoms. The number of likely N-dealkylation sites (tertiary alicyclic amines) is 2. The molecule has 4 N–H and O–H groups in total. The zero-order valence-electron chi connectivity index (χ0n) is 32.3. The maximum atomic E-state index is 13.5. The lowest BCUT2D eigenvalue weighted by Crippen LogP contribution is -2.28. The third-order valence-electron chi connectivity index (χ3n) is 12.9. The molecular formula is C44H45N9O5. The van der Waals surface area contributed by atoms with Crippen LogP contribution in [0.25, 0.3) is 0 Å². The number of nitrogen functional groups attached to an aromatic ring is 1. The van der Waals surface area contributed by atoms with Crippen molar-refractivity contribution in [3.8, 4) is 0 Å². The van der Waals surface area contributed by atoms with Crippen LogP contribution in [0, 0.1) is 30.6 Å². The maximum absolute atomic E-state index is 13.5. The Hall–Kier alpha value is -6.31. The summed E-state index contributed by atoms with van der Waals surface area (Å²) in [5.74, 6) is 0.968. The summed E-state index contributed by atoms with van der Waals surface area (Å²) in [6.45, 7) is 5.51. The fraction of sp³-hybridized carbons (Fsp3) is 0.386. The largest absolute Gasteiger partial charge is 0.478 e. The van der Waals surface area contributed by atoms with Crippen LogP contribution in [0.15, 0.2) is 67.3 Å². The Kier molecular flexibility index (Phi) is 8.68. The number of carbonyl (C=O) groups excluding carboxylic acids is 3. The molecule has 3 aliphatic carbocycles. The molecule has 5 heterocycles. The molecular weight excluding hydrogens is 735 g/mol. The van der Waals surface area contributed by atoms with Crippen LogP contribution in [0.5, 0.6) is 0 Å². The second kappa shape index (κ2) is 14.0. The molecule has 2 saturated heterocycles. The Balaban J connectivity index is 0.954. The van der Waals surface area contributed by atoms with Crippen LogP contribution in [0.2, 0.25) is 0 Å². The number of rotatable bonds is 13. The molecule has 0 bridgehead atoms. The Morgan fingerprint density at radius 1 is 0.793 bits per heavy atom. The van der Waals surface area contributed by atoms with E-state index in [0.717, 1.165) is 89.0 Å². The van der Waals surface area contributed by atoms with Crippen molar-refractivity contribution in [2.75, 3.05) is 18.8 Å². The number of carbonyl (C=O) groups is 4. The van der Waals surface area contributed by atoms with Gasteiger partial charge in [0.15, 0.2) is 0 Å².